The summed E-state index contributed by atoms with van der Waals surface area (Å²) in [5.41, 5.74) is 2.99. The molecule has 4 rings (SSSR count). The van der Waals surface area contributed by atoms with Crippen molar-refractivity contribution in [3.8, 4) is 0 Å². The van der Waals surface area contributed by atoms with Crippen LogP contribution in [0.1, 0.15) is 20.4 Å². The number of aromatic amines is 1. The Labute approximate surface area is 158 Å². The highest BCUT2D eigenvalue weighted by Crippen LogP contribution is 2.24. The van der Waals surface area contributed by atoms with E-state index in [1.54, 1.807) is 11.8 Å². The average molecular weight is 381 g/mol. The van der Waals surface area contributed by atoms with Gasteiger partial charge in [-0.2, -0.15) is 0 Å². The molecule has 0 unspecified atom stereocenters. The second kappa shape index (κ2) is 7.67. The number of carbonyl (C=O) groups excluding carboxylic acids is 1. The Bertz CT molecular complexity index is 995. The minimum Gasteiger partial charge on any atom is -0.346 e. The van der Waals surface area contributed by atoms with Gasteiger partial charge in [0.1, 0.15) is 5.01 Å². The molecule has 0 aliphatic carbocycles. The minimum absolute atomic E-state index is 0.202. The van der Waals surface area contributed by atoms with Crippen LogP contribution >= 0.6 is 23.1 Å². The molecular formula is C18H15N5OS2. The number of para-hydroxylation sites is 2. The third-order valence-electron chi connectivity index (χ3n) is 3.66. The van der Waals surface area contributed by atoms with Gasteiger partial charge < -0.3 is 10.3 Å². The fraction of sp³-hybridized carbons (Fsp3) is 0.111. The molecule has 0 atom stereocenters. The highest BCUT2D eigenvalue weighted by atomic mass is 32.2. The van der Waals surface area contributed by atoms with Gasteiger partial charge in [-0.3, -0.25) is 4.79 Å². The zero-order chi connectivity index (χ0) is 17.8. The molecule has 0 spiro atoms. The summed E-state index contributed by atoms with van der Waals surface area (Å²) in [6, 6.07) is 17.7. The van der Waals surface area contributed by atoms with Crippen LogP contribution in [-0.2, 0) is 12.3 Å². The first-order valence-electron chi connectivity index (χ1n) is 8.00. The number of aromatic nitrogens is 4. The number of rotatable bonds is 6. The monoisotopic (exact) mass is 381 g/mol. The molecule has 0 fully saturated rings. The molecular weight excluding hydrogens is 366 g/mol. The number of H-pyrrole nitrogens is 1. The van der Waals surface area contributed by atoms with Crippen LogP contribution in [0, 0.1) is 0 Å². The number of hydrogen-bond donors (Lipinski definition) is 2. The Kier molecular flexibility index (Phi) is 4.94. The summed E-state index contributed by atoms with van der Waals surface area (Å²) in [5.74, 6) is 0.412. The average Bonchev–Trinajstić information content (AvgIpc) is 3.31. The van der Waals surface area contributed by atoms with Crippen LogP contribution in [0.2, 0.25) is 0 Å². The molecule has 0 aliphatic heterocycles. The van der Waals surface area contributed by atoms with Crippen molar-refractivity contribution in [2.45, 2.75) is 17.5 Å². The van der Waals surface area contributed by atoms with E-state index >= 15 is 0 Å². The number of nitrogens with zero attached hydrogens (tertiary/aromatic N) is 3. The summed E-state index contributed by atoms with van der Waals surface area (Å²) >= 11 is 2.85. The number of benzene rings is 2. The number of hydrogen-bond acceptors (Lipinski definition) is 6. The van der Waals surface area contributed by atoms with Crippen molar-refractivity contribution >= 4 is 40.0 Å². The Hall–Kier alpha value is -2.71. The summed E-state index contributed by atoms with van der Waals surface area (Å²) in [5, 5.41) is 13.0. The van der Waals surface area contributed by atoms with Crippen molar-refractivity contribution in [2.75, 3.05) is 0 Å². The zero-order valence-electron chi connectivity index (χ0n) is 13.7. The lowest BCUT2D eigenvalue weighted by atomic mass is 10.2. The van der Waals surface area contributed by atoms with Crippen molar-refractivity contribution in [1.82, 2.24) is 25.5 Å². The topological polar surface area (TPSA) is 83.6 Å². The maximum absolute atomic E-state index is 12.2. The first-order valence-corrected chi connectivity index (χ1v) is 9.80. The molecule has 0 saturated carbocycles. The molecule has 2 aromatic carbocycles. The minimum atomic E-state index is -0.202. The van der Waals surface area contributed by atoms with Gasteiger partial charge in [0.2, 0.25) is 5.01 Å². The van der Waals surface area contributed by atoms with Crippen molar-refractivity contribution < 1.29 is 4.79 Å². The Morgan fingerprint density at radius 2 is 1.88 bits per heavy atom. The Balaban J connectivity index is 1.34. The summed E-state index contributed by atoms with van der Waals surface area (Å²) < 4.78 is 0. The van der Waals surface area contributed by atoms with Gasteiger partial charge in [0.15, 0.2) is 5.16 Å². The number of nitrogens with one attached hydrogen (secondary N) is 2. The Morgan fingerprint density at radius 3 is 2.73 bits per heavy atom. The standard InChI is InChI=1S/C18H15N5OS2/c24-16(19-10-12-6-2-1-3-7-12)17-23-22-15(26-17)11-25-18-20-13-8-4-5-9-14(13)21-18/h1-9H,10-11H2,(H,19,24)(H,20,21). The number of thioether (sulfide) groups is 1. The smallest absolute Gasteiger partial charge is 0.282 e. The molecule has 2 aromatic heterocycles. The van der Waals surface area contributed by atoms with E-state index in [4.69, 9.17) is 0 Å². The predicted octanol–water partition coefficient (Wildman–Crippen LogP) is 3.64. The van der Waals surface area contributed by atoms with E-state index in [0.29, 0.717) is 17.3 Å². The molecule has 8 heteroatoms. The van der Waals surface area contributed by atoms with E-state index in [-0.39, 0.29) is 5.91 Å². The van der Waals surface area contributed by atoms with Gasteiger partial charge in [0.25, 0.3) is 5.91 Å². The van der Waals surface area contributed by atoms with Crippen LogP contribution < -0.4 is 5.32 Å². The van der Waals surface area contributed by atoms with Crippen LogP contribution in [0.4, 0.5) is 0 Å². The molecule has 0 bridgehead atoms. The quantitative estimate of drug-likeness (QED) is 0.498. The van der Waals surface area contributed by atoms with Crippen molar-refractivity contribution in [2.24, 2.45) is 0 Å². The highest BCUT2D eigenvalue weighted by Gasteiger charge is 2.13. The maximum atomic E-state index is 12.2. The zero-order valence-corrected chi connectivity index (χ0v) is 15.3. The SMILES string of the molecule is O=C(NCc1ccccc1)c1nnc(CSc2nc3ccccc3[nH]2)s1. The van der Waals surface area contributed by atoms with Gasteiger partial charge in [-0.1, -0.05) is 65.6 Å². The van der Waals surface area contributed by atoms with Gasteiger partial charge in [-0.05, 0) is 17.7 Å². The van der Waals surface area contributed by atoms with Crippen LogP contribution in [-0.4, -0.2) is 26.1 Å². The molecule has 130 valence electrons. The first kappa shape index (κ1) is 16.7. The van der Waals surface area contributed by atoms with Crippen LogP contribution in [0.3, 0.4) is 0 Å². The lowest BCUT2D eigenvalue weighted by molar-refractivity contribution is 0.0950. The molecule has 26 heavy (non-hydrogen) atoms. The third kappa shape index (κ3) is 3.92. The van der Waals surface area contributed by atoms with E-state index < -0.39 is 0 Å². The molecule has 2 N–H and O–H groups in total. The number of imidazole rings is 1. The molecule has 0 saturated heterocycles. The first-order chi connectivity index (χ1) is 12.8. The molecule has 0 aliphatic rings. The van der Waals surface area contributed by atoms with Gasteiger partial charge in [-0.15, -0.1) is 10.2 Å². The van der Waals surface area contributed by atoms with Gasteiger partial charge >= 0.3 is 0 Å². The Morgan fingerprint density at radius 1 is 1.08 bits per heavy atom. The van der Waals surface area contributed by atoms with Gasteiger partial charge in [-0.25, -0.2) is 4.98 Å². The second-order valence-corrected chi connectivity index (χ2v) is 7.54. The second-order valence-electron chi connectivity index (χ2n) is 5.52. The predicted molar refractivity (Wildman–Crippen MR) is 103 cm³/mol. The van der Waals surface area contributed by atoms with Crippen LogP contribution in [0.25, 0.3) is 11.0 Å². The van der Waals surface area contributed by atoms with Crippen LogP contribution in [0.15, 0.2) is 59.8 Å². The normalized spacial score (nSPS) is 10.9. The largest absolute Gasteiger partial charge is 0.346 e. The van der Waals surface area contributed by atoms with Crippen LogP contribution in [0.5, 0.6) is 0 Å². The van der Waals surface area contributed by atoms with E-state index in [2.05, 4.69) is 25.5 Å². The summed E-state index contributed by atoms with van der Waals surface area (Å²) in [7, 11) is 0. The van der Waals surface area contributed by atoms with Crippen molar-refractivity contribution in [1.29, 1.82) is 0 Å². The number of fused-ring (bicyclic) bond motifs is 1. The number of carbonyl (C=O) groups is 1. The lowest BCUT2D eigenvalue weighted by Crippen LogP contribution is -2.22. The summed E-state index contributed by atoms with van der Waals surface area (Å²) in [6.07, 6.45) is 0. The van der Waals surface area contributed by atoms with E-state index in [0.717, 1.165) is 26.8 Å². The lowest BCUT2D eigenvalue weighted by Gasteiger charge is -2.01. The molecule has 1 amide bonds. The summed E-state index contributed by atoms with van der Waals surface area (Å²) in [4.78, 5) is 20.0. The molecule has 6 nitrogen and oxygen atoms in total. The van der Waals surface area contributed by atoms with Gasteiger partial charge in [0, 0.05) is 6.54 Å². The maximum Gasteiger partial charge on any atom is 0.282 e. The fourth-order valence-electron chi connectivity index (χ4n) is 2.39. The fourth-order valence-corrected chi connectivity index (χ4v) is 4.01. The molecule has 4 aromatic rings. The van der Waals surface area contributed by atoms with Crippen molar-refractivity contribution in [3.63, 3.8) is 0 Å². The molecule has 2 heterocycles. The summed E-state index contributed by atoms with van der Waals surface area (Å²) in [6.45, 7) is 0.475. The molecule has 0 radical (unpaired) electrons. The highest BCUT2D eigenvalue weighted by molar-refractivity contribution is 7.98. The van der Waals surface area contributed by atoms with E-state index in [1.807, 2.05) is 54.6 Å². The number of amides is 1. The van der Waals surface area contributed by atoms with Gasteiger partial charge in [0.05, 0.1) is 16.8 Å². The van der Waals surface area contributed by atoms with E-state index in [9.17, 15) is 4.79 Å². The van der Waals surface area contributed by atoms with E-state index in [1.165, 1.54) is 11.3 Å². The van der Waals surface area contributed by atoms with Crippen molar-refractivity contribution in [3.05, 3.63) is 70.2 Å². The third-order valence-corrected chi connectivity index (χ3v) is 5.65.